The number of carbonyl (C=O) groups is 2. The fraction of sp³-hybridized carbons (Fsp3) is 0.300. The van der Waals surface area contributed by atoms with Gasteiger partial charge in [0.25, 0.3) is 11.8 Å². The SMILES string of the molecule is Cc1c(C(=O)N2CCN(C(=O)c3cccs3)CC2)c2ccccc2n1C. The molecule has 5 nitrogen and oxygen atoms in total. The highest BCUT2D eigenvalue weighted by Gasteiger charge is 2.28. The van der Waals surface area contributed by atoms with Crippen LogP contribution in [0.5, 0.6) is 0 Å². The molecule has 0 spiro atoms. The minimum absolute atomic E-state index is 0.0579. The topological polar surface area (TPSA) is 45.6 Å². The molecule has 3 aromatic rings. The zero-order chi connectivity index (χ0) is 18.3. The predicted molar refractivity (Wildman–Crippen MR) is 104 cm³/mol. The van der Waals surface area contributed by atoms with E-state index in [9.17, 15) is 9.59 Å². The molecular formula is C20H21N3O2S. The predicted octanol–water partition coefficient (Wildman–Crippen LogP) is 3.15. The molecule has 3 heterocycles. The summed E-state index contributed by atoms with van der Waals surface area (Å²) in [6.45, 7) is 4.28. The zero-order valence-electron chi connectivity index (χ0n) is 14.9. The van der Waals surface area contributed by atoms with E-state index in [1.54, 1.807) is 0 Å². The zero-order valence-corrected chi connectivity index (χ0v) is 15.8. The minimum Gasteiger partial charge on any atom is -0.347 e. The Bertz CT molecular complexity index is 967. The first-order chi connectivity index (χ1) is 12.6. The van der Waals surface area contributed by atoms with Gasteiger partial charge in [-0.15, -0.1) is 11.3 Å². The number of rotatable bonds is 2. The van der Waals surface area contributed by atoms with E-state index in [0.29, 0.717) is 26.2 Å². The van der Waals surface area contributed by atoms with Crippen molar-refractivity contribution in [2.75, 3.05) is 26.2 Å². The van der Waals surface area contributed by atoms with Gasteiger partial charge in [-0.25, -0.2) is 0 Å². The van der Waals surface area contributed by atoms with Crippen LogP contribution in [0.25, 0.3) is 10.9 Å². The first-order valence-electron chi connectivity index (χ1n) is 8.74. The van der Waals surface area contributed by atoms with Crippen molar-refractivity contribution in [2.24, 2.45) is 7.05 Å². The summed E-state index contributed by atoms with van der Waals surface area (Å²) in [5, 5.41) is 2.91. The minimum atomic E-state index is 0.0579. The van der Waals surface area contributed by atoms with Gasteiger partial charge >= 0.3 is 0 Å². The number of thiophene rings is 1. The number of aryl methyl sites for hydroxylation is 1. The van der Waals surface area contributed by atoms with Gasteiger partial charge in [-0.3, -0.25) is 9.59 Å². The molecule has 4 rings (SSSR count). The largest absolute Gasteiger partial charge is 0.347 e. The van der Waals surface area contributed by atoms with E-state index in [2.05, 4.69) is 4.57 Å². The Morgan fingerprint density at radius 2 is 1.58 bits per heavy atom. The molecule has 0 N–H and O–H groups in total. The van der Waals surface area contributed by atoms with E-state index in [4.69, 9.17) is 0 Å². The molecule has 1 aromatic carbocycles. The van der Waals surface area contributed by atoms with Crippen molar-refractivity contribution in [1.29, 1.82) is 0 Å². The highest BCUT2D eigenvalue weighted by atomic mass is 32.1. The number of nitrogens with zero attached hydrogens (tertiary/aromatic N) is 3. The molecule has 2 amide bonds. The van der Waals surface area contributed by atoms with Crippen LogP contribution < -0.4 is 0 Å². The van der Waals surface area contributed by atoms with Crippen LogP contribution in [0.3, 0.4) is 0 Å². The molecule has 0 saturated carbocycles. The Hall–Kier alpha value is -2.60. The summed E-state index contributed by atoms with van der Waals surface area (Å²) in [6.07, 6.45) is 0. The number of benzene rings is 1. The molecule has 0 bridgehead atoms. The van der Waals surface area contributed by atoms with Gasteiger partial charge in [0.15, 0.2) is 0 Å². The van der Waals surface area contributed by atoms with Crippen molar-refractivity contribution in [3.63, 3.8) is 0 Å². The third-order valence-electron chi connectivity index (χ3n) is 5.20. The average Bonchev–Trinajstić information content (AvgIpc) is 3.29. The van der Waals surface area contributed by atoms with Crippen molar-refractivity contribution in [3.8, 4) is 0 Å². The molecule has 0 radical (unpaired) electrons. The molecule has 26 heavy (non-hydrogen) atoms. The van der Waals surface area contributed by atoms with Gasteiger partial charge in [0.1, 0.15) is 0 Å². The van der Waals surface area contributed by atoms with E-state index in [-0.39, 0.29) is 11.8 Å². The first-order valence-corrected chi connectivity index (χ1v) is 9.62. The second kappa shape index (κ2) is 6.61. The van der Waals surface area contributed by atoms with Crippen LogP contribution in [0.1, 0.15) is 25.7 Å². The van der Waals surface area contributed by atoms with E-state index in [0.717, 1.165) is 27.0 Å². The third kappa shape index (κ3) is 2.70. The Balaban J connectivity index is 1.53. The fourth-order valence-electron chi connectivity index (χ4n) is 3.62. The van der Waals surface area contributed by atoms with Gasteiger partial charge in [-0.2, -0.15) is 0 Å². The number of carbonyl (C=O) groups excluding carboxylic acids is 2. The van der Waals surface area contributed by atoms with Crippen LogP contribution in [0.4, 0.5) is 0 Å². The van der Waals surface area contributed by atoms with Crippen LogP contribution in [0.15, 0.2) is 41.8 Å². The molecule has 0 atom stereocenters. The monoisotopic (exact) mass is 367 g/mol. The molecular weight excluding hydrogens is 346 g/mol. The first kappa shape index (κ1) is 16.8. The quantitative estimate of drug-likeness (QED) is 0.698. The molecule has 0 unspecified atom stereocenters. The summed E-state index contributed by atoms with van der Waals surface area (Å²) in [7, 11) is 1.99. The second-order valence-corrected chi connectivity index (χ2v) is 7.55. The van der Waals surface area contributed by atoms with E-state index < -0.39 is 0 Å². The Labute approximate surface area is 156 Å². The van der Waals surface area contributed by atoms with Crippen molar-refractivity contribution in [2.45, 2.75) is 6.92 Å². The summed E-state index contributed by atoms with van der Waals surface area (Å²) < 4.78 is 2.07. The number of fused-ring (bicyclic) bond motifs is 1. The number of hydrogen-bond donors (Lipinski definition) is 0. The molecule has 2 aromatic heterocycles. The van der Waals surface area contributed by atoms with Gasteiger partial charge in [-0.1, -0.05) is 24.3 Å². The average molecular weight is 367 g/mol. The van der Waals surface area contributed by atoms with E-state index >= 15 is 0 Å². The van der Waals surface area contributed by atoms with Gasteiger partial charge in [0.2, 0.25) is 0 Å². The molecule has 6 heteroatoms. The lowest BCUT2D eigenvalue weighted by Crippen LogP contribution is -2.50. The number of hydrogen-bond acceptors (Lipinski definition) is 3. The summed E-state index contributed by atoms with van der Waals surface area (Å²) in [5.41, 5.74) is 2.83. The number of amides is 2. The maximum absolute atomic E-state index is 13.2. The molecule has 1 saturated heterocycles. The highest BCUT2D eigenvalue weighted by Crippen LogP contribution is 2.26. The van der Waals surface area contributed by atoms with Crippen LogP contribution in [0.2, 0.25) is 0 Å². The fourth-order valence-corrected chi connectivity index (χ4v) is 4.31. The lowest BCUT2D eigenvalue weighted by atomic mass is 10.1. The standard InChI is InChI=1S/C20H21N3O2S/c1-14-18(15-6-3-4-7-16(15)21(14)2)20(25)23-11-9-22(10-12-23)19(24)17-8-5-13-26-17/h3-8,13H,9-12H2,1-2H3. The number of piperazine rings is 1. The molecule has 1 aliphatic rings. The third-order valence-corrected chi connectivity index (χ3v) is 6.06. The molecule has 1 fully saturated rings. The van der Waals surface area contributed by atoms with Gasteiger partial charge < -0.3 is 14.4 Å². The second-order valence-electron chi connectivity index (χ2n) is 6.60. The number of para-hydroxylation sites is 1. The van der Waals surface area contributed by atoms with Crippen molar-refractivity contribution < 1.29 is 9.59 Å². The van der Waals surface area contributed by atoms with Crippen molar-refractivity contribution >= 4 is 34.1 Å². The Morgan fingerprint density at radius 1 is 0.923 bits per heavy atom. The highest BCUT2D eigenvalue weighted by molar-refractivity contribution is 7.12. The summed E-state index contributed by atoms with van der Waals surface area (Å²) in [6, 6.07) is 11.7. The Kier molecular flexibility index (Phi) is 4.28. The maximum Gasteiger partial charge on any atom is 0.264 e. The van der Waals surface area contributed by atoms with Gasteiger partial charge in [0.05, 0.1) is 10.4 Å². The van der Waals surface area contributed by atoms with E-state index in [1.807, 2.05) is 65.5 Å². The van der Waals surface area contributed by atoms with Gasteiger partial charge in [0, 0.05) is 49.8 Å². The Morgan fingerprint density at radius 3 is 2.23 bits per heavy atom. The van der Waals surface area contributed by atoms with Crippen LogP contribution in [-0.2, 0) is 7.05 Å². The van der Waals surface area contributed by atoms with Crippen molar-refractivity contribution in [3.05, 3.63) is 57.9 Å². The summed E-state index contributed by atoms with van der Waals surface area (Å²) >= 11 is 1.46. The number of aromatic nitrogens is 1. The molecule has 134 valence electrons. The van der Waals surface area contributed by atoms with E-state index in [1.165, 1.54) is 11.3 Å². The normalized spacial score (nSPS) is 14.8. The van der Waals surface area contributed by atoms with Crippen LogP contribution in [-0.4, -0.2) is 52.4 Å². The van der Waals surface area contributed by atoms with Gasteiger partial charge in [-0.05, 0) is 24.4 Å². The smallest absolute Gasteiger partial charge is 0.264 e. The van der Waals surface area contributed by atoms with Crippen LogP contribution in [0, 0.1) is 6.92 Å². The summed E-state index contributed by atoms with van der Waals surface area (Å²) in [4.78, 5) is 30.1. The van der Waals surface area contributed by atoms with Crippen LogP contribution >= 0.6 is 11.3 Å². The lowest BCUT2D eigenvalue weighted by molar-refractivity contribution is 0.0538. The van der Waals surface area contributed by atoms with Crippen molar-refractivity contribution in [1.82, 2.24) is 14.4 Å². The molecule has 0 aliphatic carbocycles. The maximum atomic E-state index is 13.2. The molecule has 1 aliphatic heterocycles. The lowest BCUT2D eigenvalue weighted by Gasteiger charge is -2.34. The summed E-state index contributed by atoms with van der Waals surface area (Å²) in [5.74, 6) is 0.121.